The van der Waals surface area contributed by atoms with Crippen LogP contribution in [-0.4, -0.2) is 101 Å². The van der Waals surface area contributed by atoms with Crippen LogP contribution in [0.5, 0.6) is 5.75 Å². The van der Waals surface area contributed by atoms with Crippen molar-refractivity contribution in [1.82, 2.24) is 19.8 Å². The Bertz CT molecular complexity index is 1820. The maximum atomic E-state index is 12.4. The lowest BCUT2D eigenvalue weighted by molar-refractivity contribution is 0.0982. The van der Waals surface area contributed by atoms with E-state index in [-0.39, 0.29) is 0 Å². The number of aryl methyl sites for hydroxylation is 1. The van der Waals surface area contributed by atoms with Gasteiger partial charge >= 0.3 is 0 Å². The molecule has 46 heavy (non-hydrogen) atoms. The second-order valence-electron chi connectivity index (χ2n) is 12.1. The number of fused-ring (bicyclic) bond motifs is 1. The van der Waals surface area contributed by atoms with Crippen LogP contribution in [0.25, 0.3) is 11.0 Å². The molecule has 4 heterocycles. The van der Waals surface area contributed by atoms with Crippen LogP contribution in [0.2, 0.25) is 0 Å². The highest BCUT2D eigenvalue weighted by atomic mass is 79.9. The Hall–Kier alpha value is -3.59. The summed E-state index contributed by atoms with van der Waals surface area (Å²) >= 11 is 3.54. The van der Waals surface area contributed by atoms with E-state index in [4.69, 9.17) is 14.1 Å². The summed E-state index contributed by atoms with van der Waals surface area (Å²) in [5, 5.41) is 7.38. The minimum absolute atomic E-state index is 0.348. The molecule has 2 N–H and O–H groups in total. The van der Waals surface area contributed by atoms with Gasteiger partial charge < -0.3 is 29.6 Å². The molecule has 2 fully saturated rings. The van der Waals surface area contributed by atoms with Crippen LogP contribution >= 0.6 is 15.9 Å². The molecule has 14 heteroatoms. The quantitative estimate of drug-likeness (QED) is 0.232. The number of nitrogens with zero attached hydrogens (tertiary/aromatic N) is 6. The maximum absolute atomic E-state index is 12.4. The highest BCUT2D eigenvalue weighted by Crippen LogP contribution is 2.38. The molecule has 2 aliphatic heterocycles. The number of nitrogens with one attached hydrogen (secondary N) is 2. The highest BCUT2D eigenvalue weighted by Gasteiger charge is 2.28. The molecule has 2 aromatic heterocycles. The topological polar surface area (TPSA) is 119 Å². The first kappa shape index (κ1) is 32.4. The van der Waals surface area contributed by atoms with Gasteiger partial charge in [-0.2, -0.15) is 4.98 Å². The fraction of sp³-hybridized carbons (Fsp3) is 0.438. The number of hydrogen-bond donors (Lipinski definition) is 2. The predicted molar refractivity (Wildman–Crippen MR) is 188 cm³/mol. The van der Waals surface area contributed by atoms with E-state index in [0.29, 0.717) is 45.0 Å². The van der Waals surface area contributed by atoms with Gasteiger partial charge in [-0.25, -0.2) is 13.4 Å². The zero-order valence-corrected chi connectivity index (χ0v) is 29.3. The number of piperidine rings is 1. The van der Waals surface area contributed by atoms with Crippen LogP contribution in [0.1, 0.15) is 18.4 Å². The Balaban J connectivity index is 1.21. The van der Waals surface area contributed by atoms with Gasteiger partial charge in [0.15, 0.2) is 0 Å². The lowest BCUT2D eigenvalue weighted by Crippen LogP contribution is -2.52. The van der Waals surface area contributed by atoms with Crippen molar-refractivity contribution in [3.05, 3.63) is 52.8 Å². The van der Waals surface area contributed by atoms with Crippen molar-refractivity contribution in [2.45, 2.75) is 25.8 Å². The van der Waals surface area contributed by atoms with Crippen LogP contribution in [0.3, 0.4) is 0 Å². The monoisotopic (exact) mass is 712 g/mol. The van der Waals surface area contributed by atoms with Gasteiger partial charge in [-0.1, -0.05) is 0 Å². The number of anilines is 6. The largest absolute Gasteiger partial charge is 0.494 e. The number of methoxy groups -OCH3 is 1. The Kier molecular flexibility index (Phi) is 9.33. The highest BCUT2D eigenvalue weighted by molar-refractivity contribution is 9.10. The first-order valence-corrected chi connectivity index (χ1v) is 18.0. The molecule has 246 valence electrons. The fourth-order valence-corrected chi connectivity index (χ4v) is 7.04. The number of sulfonamides is 1. The van der Waals surface area contributed by atoms with Crippen molar-refractivity contribution in [2.75, 3.05) is 86.6 Å². The first-order chi connectivity index (χ1) is 22.0. The van der Waals surface area contributed by atoms with Gasteiger partial charge in [0.25, 0.3) is 0 Å². The minimum atomic E-state index is -3.53. The number of ether oxygens (including phenoxy) is 1. The van der Waals surface area contributed by atoms with Crippen LogP contribution in [-0.2, 0) is 10.0 Å². The summed E-state index contributed by atoms with van der Waals surface area (Å²) in [6.07, 6.45) is 6.68. The Morgan fingerprint density at radius 2 is 1.78 bits per heavy atom. The summed E-state index contributed by atoms with van der Waals surface area (Å²) in [4.78, 5) is 16.7. The molecule has 0 amide bonds. The van der Waals surface area contributed by atoms with Gasteiger partial charge in [0.05, 0.1) is 41.2 Å². The zero-order valence-electron chi connectivity index (χ0n) is 26.9. The standard InChI is InChI=1S/C32H41BrN8O4S/c1-21-16-26(30(44-4)19-27(21)41-9-6-23(7-10-41)40-13-11-38(2)12-14-40)36-32-34-20-24(33)31(37-32)35-25-18-29-22(8-15-45-29)17-28(25)39(3)46(5,42)43/h8,15-20,23H,6-7,9-14H2,1-5H3,(H2,34,35,36,37). The SMILES string of the molecule is COc1cc(N2CCC(N3CCN(C)CC3)CC2)c(C)cc1Nc1ncc(Br)c(Nc2cc3occc3cc2N(C)S(C)(=O)=O)n1. The minimum Gasteiger partial charge on any atom is -0.494 e. The molecule has 0 saturated carbocycles. The molecule has 2 saturated heterocycles. The van der Waals surface area contributed by atoms with Crippen molar-refractivity contribution >= 4 is 71.4 Å². The summed E-state index contributed by atoms with van der Waals surface area (Å²) in [6, 6.07) is 10.1. The number of halogens is 1. The second-order valence-corrected chi connectivity index (χ2v) is 15.0. The zero-order chi connectivity index (χ0) is 32.6. The van der Waals surface area contributed by atoms with Gasteiger partial charge in [-0.3, -0.25) is 9.21 Å². The van der Waals surface area contributed by atoms with Gasteiger partial charge in [-0.05, 0) is 66.5 Å². The number of hydrogen-bond acceptors (Lipinski definition) is 11. The summed E-state index contributed by atoms with van der Waals surface area (Å²) in [6.45, 7) is 8.74. The summed E-state index contributed by atoms with van der Waals surface area (Å²) in [7, 11) is 1.85. The molecule has 2 aromatic carbocycles. The number of furan rings is 1. The number of likely N-dealkylation sites (N-methyl/N-ethyl adjacent to an activating group) is 1. The fourth-order valence-electron chi connectivity index (χ4n) is 6.24. The Morgan fingerprint density at radius 1 is 1.04 bits per heavy atom. The van der Waals surface area contributed by atoms with E-state index in [9.17, 15) is 8.42 Å². The smallest absolute Gasteiger partial charge is 0.232 e. The predicted octanol–water partition coefficient (Wildman–Crippen LogP) is 5.40. The van der Waals surface area contributed by atoms with Crippen molar-refractivity contribution in [3.63, 3.8) is 0 Å². The summed E-state index contributed by atoms with van der Waals surface area (Å²) in [5.41, 5.74) is 4.64. The van der Waals surface area contributed by atoms with Crippen LogP contribution in [0.4, 0.5) is 34.5 Å². The number of aromatic nitrogens is 2. The van der Waals surface area contributed by atoms with E-state index in [2.05, 4.69) is 72.4 Å². The van der Waals surface area contributed by atoms with Crippen molar-refractivity contribution < 1.29 is 17.6 Å². The Morgan fingerprint density at radius 3 is 2.48 bits per heavy atom. The van der Waals surface area contributed by atoms with Crippen LogP contribution in [0, 0.1) is 6.92 Å². The molecule has 2 aliphatic rings. The third kappa shape index (κ3) is 6.89. The molecular weight excluding hydrogens is 672 g/mol. The lowest BCUT2D eigenvalue weighted by atomic mass is 10.0. The Labute approximate surface area is 278 Å². The van der Waals surface area contributed by atoms with Crippen molar-refractivity contribution in [2.24, 2.45) is 0 Å². The number of piperazine rings is 1. The summed E-state index contributed by atoms with van der Waals surface area (Å²) < 4.78 is 38.1. The van der Waals surface area contributed by atoms with E-state index in [0.717, 1.165) is 75.0 Å². The third-order valence-electron chi connectivity index (χ3n) is 9.03. The average Bonchev–Trinajstić information content (AvgIpc) is 3.50. The van der Waals surface area contributed by atoms with Gasteiger partial charge in [0.2, 0.25) is 16.0 Å². The molecule has 0 spiro atoms. The van der Waals surface area contributed by atoms with E-state index in [1.807, 2.05) is 0 Å². The average molecular weight is 714 g/mol. The lowest BCUT2D eigenvalue weighted by Gasteiger charge is -2.43. The van der Waals surface area contributed by atoms with E-state index < -0.39 is 10.0 Å². The molecule has 0 aliphatic carbocycles. The normalized spacial score (nSPS) is 17.0. The molecule has 0 unspecified atom stereocenters. The van der Waals surface area contributed by atoms with Gasteiger partial charge in [-0.15, -0.1) is 0 Å². The second kappa shape index (κ2) is 13.3. The molecule has 0 atom stereocenters. The third-order valence-corrected chi connectivity index (χ3v) is 10.8. The van der Waals surface area contributed by atoms with Crippen molar-refractivity contribution in [1.29, 1.82) is 0 Å². The molecular formula is C32H41BrN8O4S. The van der Waals surface area contributed by atoms with Crippen molar-refractivity contribution in [3.8, 4) is 5.75 Å². The molecule has 4 aromatic rings. The summed E-state index contributed by atoms with van der Waals surface area (Å²) in [5.74, 6) is 1.49. The van der Waals surface area contributed by atoms with Gasteiger partial charge in [0, 0.05) is 81.8 Å². The molecule has 6 rings (SSSR count). The molecule has 0 bridgehead atoms. The maximum Gasteiger partial charge on any atom is 0.232 e. The van der Waals surface area contributed by atoms with E-state index >= 15 is 0 Å². The van der Waals surface area contributed by atoms with Crippen LogP contribution in [0.15, 0.2) is 51.7 Å². The van der Waals surface area contributed by atoms with E-state index in [1.165, 1.54) is 17.0 Å². The number of benzene rings is 2. The molecule has 0 radical (unpaired) electrons. The molecule has 12 nitrogen and oxygen atoms in total. The first-order valence-electron chi connectivity index (χ1n) is 15.4. The van der Waals surface area contributed by atoms with Gasteiger partial charge in [0.1, 0.15) is 17.2 Å². The van der Waals surface area contributed by atoms with E-state index in [1.54, 1.807) is 37.8 Å². The number of rotatable bonds is 9. The van der Waals surface area contributed by atoms with Crippen LogP contribution < -0.4 is 24.6 Å².